The Morgan fingerprint density at radius 2 is 2.30 bits per heavy atom. The van der Waals surface area contributed by atoms with Crippen LogP contribution >= 0.6 is 0 Å². The van der Waals surface area contributed by atoms with Crippen molar-refractivity contribution in [2.24, 2.45) is 11.7 Å². The second kappa shape index (κ2) is 8.31. The van der Waals surface area contributed by atoms with Crippen molar-refractivity contribution in [2.75, 3.05) is 25.6 Å². The molecule has 0 saturated heterocycles. The molecule has 3 N–H and O–H groups in total. The van der Waals surface area contributed by atoms with E-state index in [9.17, 15) is 9.18 Å². The molecule has 0 aliphatic carbocycles. The topological polar surface area (TPSA) is 64.3 Å². The van der Waals surface area contributed by atoms with E-state index in [0.717, 1.165) is 0 Å². The minimum absolute atomic E-state index is 0.111. The summed E-state index contributed by atoms with van der Waals surface area (Å²) in [6.45, 7) is 2.60. The zero-order valence-corrected chi connectivity index (χ0v) is 11.7. The van der Waals surface area contributed by atoms with Crippen LogP contribution in [0, 0.1) is 23.6 Å². The molecule has 0 saturated carbocycles. The van der Waals surface area contributed by atoms with Crippen LogP contribution in [0.3, 0.4) is 0 Å². The van der Waals surface area contributed by atoms with Crippen LogP contribution in [-0.4, -0.2) is 26.2 Å². The van der Waals surface area contributed by atoms with Gasteiger partial charge in [-0.2, -0.15) is 0 Å². The second-order valence-corrected chi connectivity index (χ2v) is 4.51. The Balaban J connectivity index is 2.65. The van der Waals surface area contributed by atoms with Crippen LogP contribution in [0.2, 0.25) is 0 Å². The van der Waals surface area contributed by atoms with Gasteiger partial charge in [0.25, 0.3) is 0 Å². The Bertz CT molecular complexity index is 520. The minimum atomic E-state index is -0.478. The van der Waals surface area contributed by atoms with Crippen molar-refractivity contribution in [3.05, 3.63) is 29.6 Å². The number of benzene rings is 1. The molecule has 20 heavy (non-hydrogen) atoms. The quantitative estimate of drug-likeness (QED) is 0.806. The summed E-state index contributed by atoms with van der Waals surface area (Å²) < 4.78 is 18.7. The van der Waals surface area contributed by atoms with Gasteiger partial charge in [0, 0.05) is 25.8 Å². The van der Waals surface area contributed by atoms with Gasteiger partial charge >= 0.3 is 0 Å². The van der Waals surface area contributed by atoms with Crippen LogP contribution in [-0.2, 0) is 9.53 Å². The molecule has 0 aliphatic heterocycles. The molecular weight excluding hydrogens is 259 g/mol. The molecule has 0 heterocycles. The maximum atomic E-state index is 13.7. The number of methoxy groups -OCH3 is 1. The van der Waals surface area contributed by atoms with E-state index in [1.165, 1.54) is 12.1 Å². The SMILES string of the molecule is COCC(C)CC(=O)Nc1ccc(C#CCN)c(F)c1. The summed E-state index contributed by atoms with van der Waals surface area (Å²) in [7, 11) is 1.59. The first-order valence-electron chi connectivity index (χ1n) is 6.34. The van der Waals surface area contributed by atoms with E-state index >= 15 is 0 Å². The summed E-state index contributed by atoms with van der Waals surface area (Å²) in [6.07, 6.45) is 0.324. The van der Waals surface area contributed by atoms with E-state index in [2.05, 4.69) is 17.2 Å². The average Bonchev–Trinajstić information content (AvgIpc) is 2.37. The van der Waals surface area contributed by atoms with Gasteiger partial charge in [-0.05, 0) is 24.1 Å². The number of hydrogen-bond acceptors (Lipinski definition) is 3. The van der Waals surface area contributed by atoms with E-state index in [0.29, 0.717) is 18.7 Å². The van der Waals surface area contributed by atoms with E-state index < -0.39 is 5.82 Å². The number of carbonyl (C=O) groups excluding carboxylic acids is 1. The van der Waals surface area contributed by atoms with Gasteiger partial charge in [0.15, 0.2) is 0 Å². The van der Waals surface area contributed by atoms with Crippen molar-refractivity contribution >= 4 is 11.6 Å². The highest BCUT2D eigenvalue weighted by Gasteiger charge is 2.10. The third-order valence-electron chi connectivity index (χ3n) is 2.56. The highest BCUT2D eigenvalue weighted by atomic mass is 19.1. The second-order valence-electron chi connectivity index (χ2n) is 4.51. The Labute approximate surface area is 118 Å². The predicted octanol–water partition coefficient (Wildman–Crippen LogP) is 1.75. The summed E-state index contributed by atoms with van der Waals surface area (Å²) >= 11 is 0. The number of amides is 1. The maximum absolute atomic E-state index is 13.7. The van der Waals surface area contributed by atoms with Gasteiger partial charge in [-0.25, -0.2) is 4.39 Å². The highest BCUT2D eigenvalue weighted by Crippen LogP contribution is 2.15. The molecule has 0 bridgehead atoms. The standard InChI is InChI=1S/C15H19FN2O2/c1-11(10-20-2)8-15(19)18-13-6-5-12(4-3-7-17)14(16)9-13/h5-6,9,11H,7-8,10,17H2,1-2H3,(H,18,19). The van der Waals surface area contributed by atoms with Gasteiger partial charge in [-0.3, -0.25) is 4.79 Å². The third kappa shape index (κ3) is 5.39. The number of nitrogens with two attached hydrogens (primary N) is 1. The van der Waals surface area contributed by atoms with E-state index in [-0.39, 0.29) is 23.9 Å². The molecule has 0 radical (unpaired) electrons. The van der Waals surface area contributed by atoms with Gasteiger partial charge in [-0.1, -0.05) is 18.8 Å². The first-order chi connectivity index (χ1) is 9.56. The van der Waals surface area contributed by atoms with Crippen molar-refractivity contribution in [1.82, 2.24) is 0 Å². The third-order valence-corrected chi connectivity index (χ3v) is 2.56. The molecule has 0 spiro atoms. The minimum Gasteiger partial charge on any atom is -0.384 e. The first-order valence-corrected chi connectivity index (χ1v) is 6.34. The lowest BCUT2D eigenvalue weighted by Gasteiger charge is -2.10. The molecule has 5 heteroatoms. The fraction of sp³-hybridized carbons (Fsp3) is 0.400. The number of carbonyl (C=O) groups is 1. The van der Waals surface area contributed by atoms with Crippen molar-refractivity contribution < 1.29 is 13.9 Å². The molecular formula is C15H19FN2O2. The zero-order chi connectivity index (χ0) is 15.0. The smallest absolute Gasteiger partial charge is 0.224 e. The van der Waals surface area contributed by atoms with Crippen LogP contribution in [0.15, 0.2) is 18.2 Å². The maximum Gasteiger partial charge on any atom is 0.224 e. The van der Waals surface area contributed by atoms with Gasteiger partial charge in [-0.15, -0.1) is 0 Å². The Morgan fingerprint density at radius 1 is 1.55 bits per heavy atom. The number of halogens is 1. The summed E-state index contributed by atoms with van der Waals surface area (Å²) in [5, 5.41) is 2.65. The molecule has 0 fully saturated rings. The van der Waals surface area contributed by atoms with Crippen LogP contribution in [0.5, 0.6) is 0 Å². The molecule has 1 atom stereocenters. The number of nitrogens with one attached hydrogen (secondary N) is 1. The van der Waals surface area contributed by atoms with Crippen LogP contribution in [0.1, 0.15) is 18.9 Å². The van der Waals surface area contributed by atoms with E-state index in [4.69, 9.17) is 10.5 Å². The summed E-state index contributed by atoms with van der Waals surface area (Å²) in [4.78, 5) is 11.7. The number of ether oxygens (including phenoxy) is 1. The largest absolute Gasteiger partial charge is 0.384 e. The Hall–Kier alpha value is -1.90. The van der Waals surface area contributed by atoms with Crippen molar-refractivity contribution in [3.63, 3.8) is 0 Å². The predicted molar refractivity (Wildman–Crippen MR) is 76.6 cm³/mol. The highest BCUT2D eigenvalue weighted by molar-refractivity contribution is 5.90. The van der Waals surface area contributed by atoms with Crippen LogP contribution in [0.4, 0.5) is 10.1 Å². The van der Waals surface area contributed by atoms with E-state index in [1.807, 2.05) is 6.92 Å². The Kier molecular flexibility index (Phi) is 6.71. The lowest BCUT2D eigenvalue weighted by Crippen LogP contribution is -2.17. The number of rotatable bonds is 5. The van der Waals surface area contributed by atoms with E-state index in [1.54, 1.807) is 13.2 Å². The average molecular weight is 278 g/mol. The van der Waals surface area contributed by atoms with Gasteiger partial charge < -0.3 is 15.8 Å². The molecule has 0 aliphatic rings. The number of hydrogen-bond donors (Lipinski definition) is 2. The number of anilines is 1. The molecule has 1 unspecified atom stereocenters. The zero-order valence-electron chi connectivity index (χ0n) is 11.7. The Morgan fingerprint density at radius 3 is 2.90 bits per heavy atom. The lowest BCUT2D eigenvalue weighted by atomic mass is 10.1. The molecule has 1 rings (SSSR count). The molecule has 1 amide bonds. The van der Waals surface area contributed by atoms with Crippen molar-refractivity contribution in [3.8, 4) is 11.8 Å². The molecule has 1 aromatic carbocycles. The van der Waals surface area contributed by atoms with Crippen molar-refractivity contribution in [2.45, 2.75) is 13.3 Å². The fourth-order valence-electron chi connectivity index (χ4n) is 1.71. The summed E-state index contributed by atoms with van der Waals surface area (Å²) in [6, 6.07) is 4.38. The lowest BCUT2D eigenvalue weighted by molar-refractivity contribution is -0.117. The molecule has 4 nitrogen and oxygen atoms in total. The van der Waals surface area contributed by atoms with Gasteiger partial charge in [0.1, 0.15) is 5.82 Å². The van der Waals surface area contributed by atoms with Crippen molar-refractivity contribution in [1.29, 1.82) is 0 Å². The summed E-state index contributed by atoms with van der Waals surface area (Å²) in [5.74, 6) is 4.67. The monoisotopic (exact) mass is 278 g/mol. The van der Waals surface area contributed by atoms with Gasteiger partial charge in [0.05, 0.1) is 12.1 Å². The molecule has 1 aromatic rings. The normalized spacial score (nSPS) is 11.4. The van der Waals surface area contributed by atoms with Crippen LogP contribution < -0.4 is 11.1 Å². The molecule has 0 aromatic heterocycles. The molecule has 108 valence electrons. The van der Waals surface area contributed by atoms with Crippen LogP contribution in [0.25, 0.3) is 0 Å². The first kappa shape index (κ1) is 16.2. The fourth-order valence-corrected chi connectivity index (χ4v) is 1.71. The summed E-state index contributed by atoms with van der Waals surface area (Å²) in [5.41, 5.74) is 5.91. The van der Waals surface area contributed by atoms with Gasteiger partial charge in [0.2, 0.25) is 5.91 Å².